The number of phenols is 1. The maximum absolute atomic E-state index is 14.2. The number of esters is 1. The van der Waals surface area contributed by atoms with Crippen molar-refractivity contribution in [1.29, 1.82) is 0 Å². The smallest absolute Gasteiger partial charge is 0.304 e. The van der Waals surface area contributed by atoms with Crippen LogP contribution in [-0.4, -0.2) is 85.7 Å². The lowest BCUT2D eigenvalue weighted by Crippen LogP contribution is -2.72. The molecule has 1 saturated carbocycles. The molecule has 3 aliphatic rings. The zero-order valence-electron chi connectivity index (χ0n) is 19.8. The van der Waals surface area contributed by atoms with E-state index in [-0.39, 0.29) is 11.1 Å². The molecule has 12 heteroatoms. The molecule has 0 aliphatic heterocycles. The Morgan fingerprint density at radius 2 is 1.75 bits per heavy atom. The summed E-state index contributed by atoms with van der Waals surface area (Å²) < 4.78 is 5.34. The van der Waals surface area contributed by atoms with Crippen molar-refractivity contribution in [2.45, 2.75) is 37.2 Å². The van der Waals surface area contributed by atoms with Gasteiger partial charge in [-0.1, -0.05) is 12.1 Å². The summed E-state index contributed by atoms with van der Waals surface area (Å²) in [6.45, 7) is 2.15. The molecule has 1 amide bonds. The zero-order valence-corrected chi connectivity index (χ0v) is 19.8. The molecule has 1 fully saturated rings. The lowest BCUT2D eigenvalue weighted by Gasteiger charge is -2.56. The van der Waals surface area contributed by atoms with Gasteiger partial charge in [0.25, 0.3) is 5.91 Å². The molecular weight excluding hydrogens is 476 g/mol. The molecule has 192 valence electrons. The number of aliphatic hydroxyl groups is 4. The van der Waals surface area contributed by atoms with Gasteiger partial charge in [0.05, 0.1) is 40.7 Å². The van der Waals surface area contributed by atoms with E-state index in [1.165, 1.54) is 44.1 Å². The van der Waals surface area contributed by atoms with Crippen LogP contribution in [0.1, 0.15) is 25.0 Å². The number of nitrogens with two attached hydrogens (primary N) is 1. The largest absolute Gasteiger partial charge is 0.507 e. The summed E-state index contributed by atoms with van der Waals surface area (Å²) >= 11 is 0. The van der Waals surface area contributed by atoms with E-state index >= 15 is 0 Å². The van der Waals surface area contributed by atoms with Gasteiger partial charge < -0.3 is 36.0 Å². The SMILES string of the molecule is CC(=O)O[C@]12C(=O)C3=C(O)c4c(O)cccc4[C@@](C)(O)[C@H]3[C@H](O)[C@H]1[C@H](N(C)C)C(=O)C(C(N)=O)=C2O. The predicted octanol–water partition coefficient (Wildman–Crippen LogP) is -0.829. The molecule has 0 aromatic heterocycles. The number of rotatable bonds is 3. The summed E-state index contributed by atoms with van der Waals surface area (Å²) in [4.78, 5) is 53.2. The van der Waals surface area contributed by atoms with Crippen LogP contribution >= 0.6 is 0 Å². The second-order valence-corrected chi connectivity index (χ2v) is 9.62. The summed E-state index contributed by atoms with van der Waals surface area (Å²) in [5, 5.41) is 56.0. The summed E-state index contributed by atoms with van der Waals surface area (Å²) in [5.41, 5.74) is -1.58. The Labute approximate surface area is 204 Å². The van der Waals surface area contributed by atoms with Crippen LogP contribution < -0.4 is 5.73 Å². The molecule has 4 rings (SSSR count). The topological polar surface area (TPSA) is 208 Å². The number of aromatic hydroxyl groups is 1. The summed E-state index contributed by atoms with van der Waals surface area (Å²) in [5.74, 6) is -10.8. The van der Waals surface area contributed by atoms with Gasteiger partial charge in [-0.2, -0.15) is 0 Å². The highest BCUT2D eigenvalue weighted by atomic mass is 16.6. The van der Waals surface area contributed by atoms with Crippen LogP contribution in [0.2, 0.25) is 0 Å². The minimum atomic E-state index is -2.85. The third-order valence-corrected chi connectivity index (χ3v) is 7.31. The monoisotopic (exact) mass is 502 g/mol. The number of nitrogens with zero attached hydrogens (tertiary/aromatic N) is 1. The minimum Gasteiger partial charge on any atom is -0.507 e. The molecule has 1 aromatic carbocycles. The van der Waals surface area contributed by atoms with Crippen LogP contribution in [0.4, 0.5) is 0 Å². The number of ketones is 2. The van der Waals surface area contributed by atoms with Crippen molar-refractivity contribution in [2.24, 2.45) is 17.6 Å². The number of carbonyl (C=O) groups is 4. The molecule has 12 nitrogen and oxygen atoms in total. The van der Waals surface area contributed by atoms with Crippen molar-refractivity contribution in [3.8, 4) is 5.75 Å². The lowest BCUT2D eigenvalue weighted by atomic mass is 9.53. The van der Waals surface area contributed by atoms with E-state index in [2.05, 4.69) is 0 Å². The molecule has 0 saturated heterocycles. The van der Waals surface area contributed by atoms with Gasteiger partial charge in [-0.3, -0.25) is 24.1 Å². The Hall–Kier alpha value is -3.74. The number of benzene rings is 1. The number of likely N-dealkylation sites (N-methyl/N-ethyl adjacent to an activating group) is 1. The standard InChI is InChI=1S/C24H26N2O10/c1-8(27)36-24-15(16(26(3)4)18(30)13(21(24)33)22(25)34)19(31)14-12(20(24)32)17(29)11-9(23(14,2)35)6-5-7-10(11)28/h5-7,14-16,19,28-29,31,33,35H,1-4H3,(H2,25,34)/t14-,15-,16+,19+,23-,24+/m1/s1. The first-order valence-corrected chi connectivity index (χ1v) is 11.0. The molecule has 36 heavy (non-hydrogen) atoms. The Morgan fingerprint density at radius 1 is 1.14 bits per heavy atom. The predicted molar refractivity (Wildman–Crippen MR) is 121 cm³/mol. The number of phenolic OH excluding ortho intramolecular Hbond substituents is 1. The van der Waals surface area contributed by atoms with Crippen molar-refractivity contribution in [2.75, 3.05) is 14.1 Å². The second-order valence-electron chi connectivity index (χ2n) is 9.62. The fourth-order valence-electron chi connectivity index (χ4n) is 5.96. The molecule has 0 heterocycles. The number of aliphatic hydroxyl groups excluding tert-OH is 3. The third kappa shape index (κ3) is 2.98. The number of primary amides is 1. The van der Waals surface area contributed by atoms with Gasteiger partial charge >= 0.3 is 5.97 Å². The highest BCUT2D eigenvalue weighted by Crippen LogP contribution is 2.58. The number of Topliss-reactive ketones (excluding diaryl/α,β-unsaturated/α-hetero) is 2. The number of ether oxygens (including phenoxy) is 1. The maximum Gasteiger partial charge on any atom is 0.304 e. The highest BCUT2D eigenvalue weighted by molar-refractivity contribution is 6.25. The van der Waals surface area contributed by atoms with Crippen LogP contribution in [0.5, 0.6) is 5.75 Å². The molecule has 7 N–H and O–H groups in total. The van der Waals surface area contributed by atoms with Gasteiger partial charge in [0.1, 0.15) is 17.1 Å². The average Bonchev–Trinajstić information content (AvgIpc) is 2.75. The second kappa shape index (κ2) is 7.88. The Morgan fingerprint density at radius 3 is 2.28 bits per heavy atom. The average molecular weight is 502 g/mol. The first-order chi connectivity index (χ1) is 16.6. The van der Waals surface area contributed by atoms with Crippen LogP contribution in [0.25, 0.3) is 5.76 Å². The fraction of sp³-hybridized carbons (Fsp3) is 0.417. The van der Waals surface area contributed by atoms with E-state index in [1.807, 2.05) is 0 Å². The summed E-state index contributed by atoms with van der Waals surface area (Å²) in [6, 6.07) is 2.45. The van der Waals surface area contributed by atoms with Crippen LogP contribution in [0.15, 0.2) is 35.1 Å². The van der Waals surface area contributed by atoms with Crippen molar-refractivity contribution in [3.05, 3.63) is 46.2 Å². The highest BCUT2D eigenvalue weighted by Gasteiger charge is 2.72. The van der Waals surface area contributed by atoms with Gasteiger partial charge in [-0.25, -0.2) is 0 Å². The molecule has 0 unspecified atom stereocenters. The number of fused-ring (bicyclic) bond motifs is 3. The summed E-state index contributed by atoms with van der Waals surface area (Å²) in [6.07, 6.45) is -1.90. The van der Waals surface area contributed by atoms with Crippen molar-refractivity contribution < 1.29 is 49.4 Å². The first-order valence-electron chi connectivity index (χ1n) is 11.0. The van der Waals surface area contributed by atoms with E-state index in [9.17, 15) is 44.7 Å². The molecule has 3 aliphatic carbocycles. The van der Waals surface area contributed by atoms with E-state index < -0.39 is 87.0 Å². The number of hydrogen-bond donors (Lipinski definition) is 6. The number of amides is 1. The molecule has 6 atom stereocenters. The van der Waals surface area contributed by atoms with Crippen LogP contribution in [0.3, 0.4) is 0 Å². The summed E-state index contributed by atoms with van der Waals surface area (Å²) in [7, 11) is 2.79. The van der Waals surface area contributed by atoms with Crippen LogP contribution in [-0.2, 0) is 29.5 Å². The number of hydrogen-bond acceptors (Lipinski definition) is 11. The number of carbonyl (C=O) groups excluding carboxylic acids is 4. The lowest BCUT2D eigenvalue weighted by molar-refractivity contribution is -0.198. The van der Waals surface area contributed by atoms with Gasteiger partial charge in [0.2, 0.25) is 11.4 Å². The zero-order chi connectivity index (χ0) is 27.1. The first kappa shape index (κ1) is 25.4. The van der Waals surface area contributed by atoms with Crippen molar-refractivity contribution in [3.63, 3.8) is 0 Å². The minimum absolute atomic E-state index is 0.0123. The van der Waals surface area contributed by atoms with Gasteiger partial charge in [0.15, 0.2) is 11.5 Å². The third-order valence-electron chi connectivity index (χ3n) is 7.31. The van der Waals surface area contributed by atoms with Gasteiger partial charge in [-0.15, -0.1) is 0 Å². The molecule has 0 spiro atoms. The Kier molecular flexibility index (Phi) is 5.55. The van der Waals surface area contributed by atoms with E-state index in [0.717, 1.165) is 6.92 Å². The molecule has 0 radical (unpaired) electrons. The Balaban J connectivity index is 2.17. The van der Waals surface area contributed by atoms with Crippen molar-refractivity contribution >= 4 is 29.2 Å². The van der Waals surface area contributed by atoms with Gasteiger partial charge in [0, 0.05) is 6.92 Å². The van der Waals surface area contributed by atoms with E-state index in [4.69, 9.17) is 10.5 Å². The quantitative estimate of drug-likeness (QED) is 0.222. The van der Waals surface area contributed by atoms with Crippen LogP contribution in [0, 0.1) is 11.8 Å². The van der Waals surface area contributed by atoms with Crippen molar-refractivity contribution in [1.82, 2.24) is 4.90 Å². The van der Waals surface area contributed by atoms with Gasteiger partial charge in [-0.05, 0) is 32.6 Å². The molecule has 0 bridgehead atoms. The molecule has 1 aromatic rings. The van der Waals surface area contributed by atoms with E-state index in [0.29, 0.717) is 0 Å². The fourth-order valence-corrected chi connectivity index (χ4v) is 5.96. The maximum atomic E-state index is 14.2. The van der Waals surface area contributed by atoms with E-state index in [1.54, 1.807) is 0 Å². The normalized spacial score (nSPS) is 33.8. The molecular formula is C24H26N2O10. The Bertz CT molecular complexity index is 1290.